The molecule has 0 heterocycles. The molecule has 24 heavy (non-hydrogen) atoms. The van der Waals surface area contributed by atoms with Crippen LogP contribution in [0.3, 0.4) is 0 Å². The fourth-order valence-corrected chi connectivity index (χ4v) is 2.05. The van der Waals surface area contributed by atoms with Crippen molar-refractivity contribution in [1.82, 2.24) is 10.6 Å². The molecule has 4 nitrogen and oxygen atoms in total. The number of hydrogen-bond acceptors (Lipinski definition) is 2. The Morgan fingerprint density at radius 2 is 1.79 bits per heavy atom. The number of amides is 2. The predicted octanol–water partition coefficient (Wildman–Crippen LogP) is 3.47. The number of nitrogens with one attached hydrogen (secondary N) is 2. The molecule has 0 saturated heterocycles. The third kappa shape index (κ3) is 6.20. The van der Waals surface area contributed by atoms with Crippen molar-refractivity contribution in [2.24, 2.45) is 0 Å². The van der Waals surface area contributed by atoms with Gasteiger partial charge < -0.3 is 15.4 Å². The van der Waals surface area contributed by atoms with E-state index in [1.807, 2.05) is 0 Å². The Kier molecular flexibility index (Phi) is 6.48. The minimum atomic E-state index is -2.86. The summed E-state index contributed by atoms with van der Waals surface area (Å²) in [5, 5.41) is 5.31. The lowest BCUT2D eigenvalue weighted by Crippen LogP contribution is -2.36. The van der Waals surface area contributed by atoms with Crippen LogP contribution in [0.2, 0.25) is 0 Å². The largest absolute Gasteiger partial charge is 0.435 e. The van der Waals surface area contributed by atoms with Crippen LogP contribution in [0, 0.1) is 5.82 Å². The van der Waals surface area contributed by atoms with Crippen LogP contribution in [-0.4, -0.2) is 19.2 Å². The standard InChI is InChI=1S/C17H17F3N2O2/c18-14-3-1-2-12(10-14)8-9-21-17(23)22-11-13-4-6-15(7-5-13)24-16(19)20/h1-7,10,16H,8-9,11H2,(H2,21,22,23). The molecule has 0 bridgehead atoms. The molecule has 7 heteroatoms. The number of hydrogen-bond donors (Lipinski definition) is 2. The van der Waals surface area contributed by atoms with Crippen molar-refractivity contribution in [1.29, 1.82) is 0 Å². The average molecular weight is 338 g/mol. The topological polar surface area (TPSA) is 50.4 Å². The van der Waals surface area contributed by atoms with E-state index < -0.39 is 6.61 Å². The molecule has 0 aliphatic rings. The summed E-state index contributed by atoms with van der Waals surface area (Å²) in [6.45, 7) is -2.24. The predicted molar refractivity (Wildman–Crippen MR) is 83.4 cm³/mol. The van der Waals surface area contributed by atoms with Gasteiger partial charge in [-0.3, -0.25) is 0 Å². The lowest BCUT2D eigenvalue weighted by Gasteiger charge is -2.09. The number of ether oxygens (including phenoxy) is 1. The minimum Gasteiger partial charge on any atom is -0.435 e. The van der Waals surface area contributed by atoms with Crippen molar-refractivity contribution in [2.45, 2.75) is 19.6 Å². The Labute approximate surface area is 137 Å². The maximum Gasteiger partial charge on any atom is 0.387 e. The number of benzene rings is 2. The Hall–Kier alpha value is -2.70. The quantitative estimate of drug-likeness (QED) is 0.812. The maximum absolute atomic E-state index is 13.0. The molecule has 2 rings (SSSR count). The van der Waals surface area contributed by atoms with Gasteiger partial charge in [0.1, 0.15) is 11.6 Å². The van der Waals surface area contributed by atoms with E-state index in [4.69, 9.17) is 0 Å². The van der Waals surface area contributed by atoms with Crippen LogP contribution < -0.4 is 15.4 Å². The van der Waals surface area contributed by atoms with Crippen LogP contribution in [0.1, 0.15) is 11.1 Å². The molecule has 2 N–H and O–H groups in total. The van der Waals surface area contributed by atoms with Gasteiger partial charge in [0.25, 0.3) is 0 Å². The molecule has 128 valence electrons. The average Bonchev–Trinajstić information content (AvgIpc) is 2.54. The molecule has 0 aliphatic carbocycles. The van der Waals surface area contributed by atoms with Gasteiger partial charge in [0.2, 0.25) is 0 Å². The van der Waals surface area contributed by atoms with Crippen molar-refractivity contribution in [3.63, 3.8) is 0 Å². The highest BCUT2D eigenvalue weighted by molar-refractivity contribution is 5.73. The van der Waals surface area contributed by atoms with E-state index in [0.717, 1.165) is 11.1 Å². The Balaban J connectivity index is 1.69. The molecule has 0 radical (unpaired) electrons. The summed E-state index contributed by atoms with van der Waals surface area (Å²) < 4.78 is 41.3. The maximum atomic E-state index is 13.0. The van der Waals surface area contributed by atoms with Crippen molar-refractivity contribution in [3.8, 4) is 5.75 Å². The van der Waals surface area contributed by atoms with Crippen LogP contribution >= 0.6 is 0 Å². The fraction of sp³-hybridized carbons (Fsp3) is 0.235. The number of carbonyl (C=O) groups excluding carboxylic acids is 1. The van der Waals surface area contributed by atoms with E-state index in [1.165, 1.54) is 24.3 Å². The highest BCUT2D eigenvalue weighted by Crippen LogP contribution is 2.14. The van der Waals surface area contributed by atoms with Crippen molar-refractivity contribution in [3.05, 3.63) is 65.5 Å². The number of halogens is 3. The summed E-state index contributed by atoms with van der Waals surface area (Å²) in [5.74, 6) is -0.246. The molecule has 0 aliphatic heterocycles. The minimum absolute atomic E-state index is 0.0632. The molecule has 0 spiro atoms. The lowest BCUT2D eigenvalue weighted by atomic mass is 10.1. The van der Waals surface area contributed by atoms with Gasteiger partial charge in [0.05, 0.1) is 0 Å². The second-order valence-corrected chi connectivity index (χ2v) is 5.01. The van der Waals surface area contributed by atoms with Crippen LogP contribution in [-0.2, 0) is 13.0 Å². The first-order valence-corrected chi connectivity index (χ1v) is 7.33. The zero-order valence-electron chi connectivity index (χ0n) is 12.8. The van der Waals surface area contributed by atoms with E-state index in [2.05, 4.69) is 15.4 Å². The normalized spacial score (nSPS) is 10.5. The Bertz CT molecular complexity index is 663. The van der Waals surface area contributed by atoms with Crippen LogP contribution in [0.5, 0.6) is 5.75 Å². The van der Waals surface area contributed by atoms with Gasteiger partial charge in [-0.25, -0.2) is 9.18 Å². The molecule has 0 atom stereocenters. The Morgan fingerprint density at radius 3 is 2.46 bits per heavy atom. The van der Waals surface area contributed by atoms with Crippen LogP contribution in [0.15, 0.2) is 48.5 Å². The monoisotopic (exact) mass is 338 g/mol. The smallest absolute Gasteiger partial charge is 0.387 e. The van der Waals surface area contributed by atoms with E-state index in [1.54, 1.807) is 24.3 Å². The highest BCUT2D eigenvalue weighted by atomic mass is 19.3. The van der Waals surface area contributed by atoms with Gasteiger partial charge in [-0.2, -0.15) is 8.78 Å². The van der Waals surface area contributed by atoms with Gasteiger partial charge in [-0.1, -0.05) is 24.3 Å². The second kappa shape index (κ2) is 8.81. The van der Waals surface area contributed by atoms with Crippen LogP contribution in [0.4, 0.5) is 18.0 Å². The number of carbonyl (C=O) groups is 1. The van der Waals surface area contributed by atoms with E-state index in [0.29, 0.717) is 13.0 Å². The first-order valence-electron chi connectivity index (χ1n) is 7.33. The highest BCUT2D eigenvalue weighted by Gasteiger charge is 2.05. The van der Waals surface area contributed by atoms with Crippen molar-refractivity contribution < 1.29 is 22.7 Å². The molecule has 0 aromatic heterocycles. The molecule has 0 saturated carbocycles. The van der Waals surface area contributed by atoms with E-state index >= 15 is 0 Å². The molecule has 2 aromatic carbocycles. The lowest BCUT2D eigenvalue weighted by molar-refractivity contribution is -0.0498. The van der Waals surface area contributed by atoms with Gasteiger partial charge in [0, 0.05) is 13.1 Å². The summed E-state index contributed by atoms with van der Waals surface area (Å²) >= 11 is 0. The first kappa shape index (κ1) is 17.7. The molecule has 2 aromatic rings. The summed E-state index contributed by atoms with van der Waals surface area (Å²) in [6.07, 6.45) is 0.519. The fourth-order valence-electron chi connectivity index (χ4n) is 2.05. The SMILES string of the molecule is O=C(NCCc1cccc(F)c1)NCc1ccc(OC(F)F)cc1. The zero-order chi connectivity index (χ0) is 17.4. The number of urea groups is 1. The third-order valence-electron chi connectivity index (χ3n) is 3.19. The van der Waals surface area contributed by atoms with Gasteiger partial charge >= 0.3 is 12.6 Å². The van der Waals surface area contributed by atoms with Gasteiger partial charge in [-0.15, -0.1) is 0 Å². The third-order valence-corrected chi connectivity index (χ3v) is 3.19. The molecule has 0 fully saturated rings. The van der Waals surface area contributed by atoms with Crippen molar-refractivity contribution >= 4 is 6.03 Å². The Morgan fingerprint density at radius 1 is 1.04 bits per heavy atom. The summed E-state index contributed by atoms with van der Waals surface area (Å²) in [4.78, 5) is 11.7. The zero-order valence-corrected chi connectivity index (χ0v) is 12.8. The van der Waals surface area contributed by atoms with Gasteiger partial charge in [0.15, 0.2) is 0 Å². The van der Waals surface area contributed by atoms with Gasteiger partial charge in [-0.05, 0) is 41.8 Å². The van der Waals surface area contributed by atoms with Crippen LogP contribution in [0.25, 0.3) is 0 Å². The molecule has 2 amide bonds. The molecular formula is C17H17F3N2O2. The molecule has 0 unspecified atom stereocenters. The summed E-state index contributed by atoms with van der Waals surface area (Å²) in [6, 6.07) is 11.8. The number of rotatable bonds is 7. The van der Waals surface area contributed by atoms with E-state index in [9.17, 15) is 18.0 Å². The summed E-state index contributed by atoms with van der Waals surface area (Å²) in [5.41, 5.74) is 1.54. The van der Waals surface area contributed by atoms with Crippen molar-refractivity contribution in [2.75, 3.05) is 6.54 Å². The van der Waals surface area contributed by atoms with E-state index in [-0.39, 0.29) is 24.1 Å². The number of alkyl halides is 2. The summed E-state index contributed by atoms with van der Waals surface area (Å²) in [7, 11) is 0. The molecular weight excluding hydrogens is 321 g/mol. The first-order chi connectivity index (χ1) is 11.5. The second-order valence-electron chi connectivity index (χ2n) is 5.01.